The zero-order chi connectivity index (χ0) is 38.2. The molecule has 1 aromatic carbocycles. The molecule has 0 radical (unpaired) electrons. The van der Waals surface area contributed by atoms with E-state index in [0.29, 0.717) is 5.52 Å². The van der Waals surface area contributed by atoms with Gasteiger partial charge in [-0.1, -0.05) is 72.6 Å². The van der Waals surface area contributed by atoms with Crippen molar-refractivity contribution in [1.82, 2.24) is 19.7 Å². The van der Waals surface area contributed by atoms with Gasteiger partial charge in [0.25, 0.3) is 0 Å². The third-order valence-electron chi connectivity index (χ3n) is 8.71. The number of nitrogen functional groups attached to an aromatic ring is 1. The van der Waals surface area contributed by atoms with Crippen LogP contribution in [-0.2, 0) is 42.4 Å². The van der Waals surface area contributed by atoms with E-state index in [9.17, 15) is 18.9 Å². The molecule has 17 heteroatoms. The van der Waals surface area contributed by atoms with Crippen LogP contribution in [-0.4, -0.2) is 76.2 Å². The van der Waals surface area contributed by atoms with E-state index in [0.717, 1.165) is 12.8 Å². The number of hydrogen-bond donors (Lipinski definition) is 2. The number of hydrogen-bond acceptors (Lipinski definition) is 13. The molecule has 1 saturated heterocycles. The standard InChI is InChI=1S/C35H49FN5O10P/c1-8-24(9-2)17-46-34(44)23(7)40-52(45,51-25-13-11-10-12-14-25)47-19-35(18-36)30(49-33(43)22(5)6)29(48-32(42)21(3)4)28(50-35)26-15-16-27-31(37)38-20-39-41(26)27/h10-16,20-24,28-30H,8-9,17-19H2,1-7H3,(H,40,45)(H2,37,38,39)/t23-,28-,29-,30-,35+,52-/m0/s1. The summed E-state index contributed by atoms with van der Waals surface area (Å²) >= 11 is 0. The number of para-hydroxylation sites is 1. The number of fused-ring (bicyclic) bond motifs is 1. The van der Waals surface area contributed by atoms with Gasteiger partial charge >= 0.3 is 25.7 Å². The van der Waals surface area contributed by atoms with Crippen molar-refractivity contribution in [3.05, 3.63) is 54.5 Å². The highest BCUT2D eigenvalue weighted by molar-refractivity contribution is 7.52. The van der Waals surface area contributed by atoms with Gasteiger partial charge < -0.3 is 29.2 Å². The van der Waals surface area contributed by atoms with Gasteiger partial charge in [-0.05, 0) is 37.1 Å². The van der Waals surface area contributed by atoms with Crippen LogP contribution in [0.25, 0.3) is 5.52 Å². The monoisotopic (exact) mass is 749 g/mol. The topological polar surface area (TPSA) is 192 Å². The van der Waals surface area contributed by atoms with Gasteiger partial charge in [0, 0.05) is 0 Å². The van der Waals surface area contributed by atoms with Gasteiger partial charge in [-0.15, -0.1) is 0 Å². The molecule has 286 valence electrons. The largest absolute Gasteiger partial charge is 0.464 e. The Morgan fingerprint density at radius 3 is 2.27 bits per heavy atom. The van der Waals surface area contributed by atoms with E-state index >= 15 is 4.39 Å². The molecule has 0 aliphatic carbocycles. The fourth-order valence-corrected chi connectivity index (χ4v) is 6.95. The molecule has 0 spiro atoms. The minimum absolute atomic E-state index is 0.110. The highest BCUT2D eigenvalue weighted by atomic mass is 31.2. The Balaban J connectivity index is 1.75. The van der Waals surface area contributed by atoms with Crippen LogP contribution in [0, 0.1) is 17.8 Å². The number of nitrogens with two attached hydrogens (primary N) is 1. The SMILES string of the molecule is CCC(CC)COC(=O)[C@H](C)N[P@](=O)(OC[C@@]1(CF)O[C@@H](c2ccc3c(N)ncnn23)[C@H](OC(=O)C(C)C)[C@@H]1OC(=O)C(C)C)Oc1ccccc1. The highest BCUT2D eigenvalue weighted by Gasteiger charge is 2.62. The normalized spacial score (nSPS) is 22.0. The highest BCUT2D eigenvalue weighted by Crippen LogP contribution is 2.50. The summed E-state index contributed by atoms with van der Waals surface area (Å²) in [6.07, 6.45) is -1.56. The lowest BCUT2D eigenvalue weighted by atomic mass is 9.95. The van der Waals surface area contributed by atoms with Crippen LogP contribution in [0.2, 0.25) is 0 Å². The second-order valence-electron chi connectivity index (χ2n) is 13.3. The van der Waals surface area contributed by atoms with Crippen molar-refractivity contribution >= 4 is 37.0 Å². The molecular formula is C35H49FN5O10P. The predicted octanol–water partition coefficient (Wildman–Crippen LogP) is 5.39. The van der Waals surface area contributed by atoms with Gasteiger partial charge in [0.15, 0.2) is 23.6 Å². The van der Waals surface area contributed by atoms with Gasteiger partial charge in [0.05, 0.1) is 30.7 Å². The second kappa shape index (κ2) is 17.6. The number of alkyl halides is 1. The lowest BCUT2D eigenvalue weighted by Crippen LogP contribution is -2.52. The molecule has 15 nitrogen and oxygen atoms in total. The molecule has 6 atom stereocenters. The third-order valence-corrected chi connectivity index (χ3v) is 10.3. The number of anilines is 1. The number of benzene rings is 1. The fraction of sp³-hybridized carbons (Fsp3) is 0.571. The molecule has 52 heavy (non-hydrogen) atoms. The summed E-state index contributed by atoms with van der Waals surface area (Å²) in [6, 6.07) is 9.99. The number of esters is 3. The van der Waals surface area contributed by atoms with Crippen molar-refractivity contribution in [2.24, 2.45) is 17.8 Å². The van der Waals surface area contributed by atoms with Crippen LogP contribution >= 0.6 is 7.75 Å². The molecule has 3 heterocycles. The van der Waals surface area contributed by atoms with Gasteiger partial charge in [0.1, 0.15) is 36.4 Å². The Morgan fingerprint density at radius 2 is 1.65 bits per heavy atom. The molecule has 4 rings (SSSR count). The number of nitrogens with one attached hydrogen (secondary N) is 1. The van der Waals surface area contributed by atoms with Crippen molar-refractivity contribution in [3.8, 4) is 5.75 Å². The Kier molecular flexibility index (Phi) is 13.8. The number of aromatic nitrogens is 3. The number of rotatable bonds is 18. The van der Waals surface area contributed by atoms with Gasteiger partial charge in [0.2, 0.25) is 0 Å². The van der Waals surface area contributed by atoms with Gasteiger partial charge in [-0.25, -0.2) is 18.5 Å². The molecule has 0 saturated carbocycles. The van der Waals surface area contributed by atoms with Crippen molar-refractivity contribution in [2.75, 3.05) is 25.6 Å². The number of halogens is 1. The summed E-state index contributed by atoms with van der Waals surface area (Å²) in [5.41, 5.74) is 4.49. The number of ether oxygens (including phenoxy) is 4. The van der Waals surface area contributed by atoms with Crippen LogP contribution in [0.5, 0.6) is 5.75 Å². The van der Waals surface area contributed by atoms with Crippen LogP contribution in [0.15, 0.2) is 48.8 Å². The smallest absolute Gasteiger partial charge is 0.459 e. The first kappa shape index (κ1) is 40.7. The van der Waals surface area contributed by atoms with E-state index in [1.807, 2.05) is 13.8 Å². The van der Waals surface area contributed by atoms with Crippen molar-refractivity contribution in [1.29, 1.82) is 0 Å². The molecule has 3 N–H and O–H groups in total. The maximum absolute atomic E-state index is 15.7. The molecule has 2 aromatic heterocycles. The first-order chi connectivity index (χ1) is 24.7. The Labute approximate surface area is 302 Å². The minimum Gasteiger partial charge on any atom is -0.464 e. The second-order valence-corrected chi connectivity index (χ2v) is 15.0. The summed E-state index contributed by atoms with van der Waals surface area (Å²) in [6.45, 7) is 9.69. The number of nitrogens with zero attached hydrogens (tertiary/aromatic N) is 3. The van der Waals surface area contributed by atoms with E-state index in [4.69, 9.17) is 33.7 Å². The lowest BCUT2D eigenvalue weighted by Gasteiger charge is -2.34. The number of carbonyl (C=O) groups is 3. The van der Waals surface area contributed by atoms with Crippen molar-refractivity contribution in [3.63, 3.8) is 0 Å². The van der Waals surface area contributed by atoms with E-state index in [-0.39, 0.29) is 29.8 Å². The molecule has 0 bridgehead atoms. The van der Waals surface area contributed by atoms with E-state index in [2.05, 4.69) is 15.2 Å². The first-order valence-electron chi connectivity index (χ1n) is 17.3. The van der Waals surface area contributed by atoms with Crippen LogP contribution < -0.4 is 15.3 Å². The van der Waals surface area contributed by atoms with E-state index in [1.165, 1.54) is 29.9 Å². The molecular weight excluding hydrogens is 700 g/mol. The fourth-order valence-electron chi connectivity index (χ4n) is 5.40. The molecule has 1 aliphatic heterocycles. The average Bonchev–Trinajstić information content (AvgIpc) is 3.68. The van der Waals surface area contributed by atoms with Crippen LogP contribution in [0.4, 0.5) is 10.2 Å². The van der Waals surface area contributed by atoms with E-state index in [1.54, 1.807) is 58.0 Å². The lowest BCUT2D eigenvalue weighted by molar-refractivity contribution is -0.178. The molecule has 0 unspecified atom stereocenters. The first-order valence-corrected chi connectivity index (χ1v) is 18.9. The maximum Gasteiger partial charge on any atom is 0.459 e. The van der Waals surface area contributed by atoms with Crippen molar-refractivity contribution in [2.45, 2.75) is 91.3 Å². The molecule has 1 fully saturated rings. The van der Waals surface area contributed by atoms with Gasteiger partial charge in [-0.2, -0.15) is 10.2 Å². The Bertz CT molecular complexity index is 1720. The zero-order valence-corrected chi connectivity index (χ0v) is 31.4. The van der Waals surface area contributed by atoms with Gasteiger partial charge in [-0.3, -0.25) is 18.9 Å². The van der Waals surface area contributed by atoms with Crippen LogP contribution in [0.3, 0.4) is 0 Å². The average molecular weight is 750 g/mol. The molecule has 1 aliphatic rings. The summed E-state index contributed by atoms with van der Waals surface area (Å²) in [5, 5.41) is 6.85. The summed E-state index contributed by atoms with van der Waals surface area (Å²) in [4.78, 5) is 43.3. The number of carbonyl (C=O) groups excluding carboxylic acids is 3. The minimum atomic E-state index is -4.58. The quantitative estimate of drug-likeness (QED) is 0.0956. The third kappa shape index (κ3) is 9.46. The molecule has 0 amide bonds. The Morgan fingerprint density at radius 1 is 1.00 bits per heavy atom. The summed E-state index contributed by atoms with van der Waals surface area (Å²) in [5.74, 6) is -3.07. The predicted molar refractivity (Wildman–Crippen MR) is 188 cm³/mol. The Hall–Kier alpha value is -4.11. The summed E-state index contributed by atoms with van der Waals surface area (Å²) < 4.78 is 67.0. The summed E-state index contributed by atoms with van der Waals surface area (Å²) in [7, 11) is -4.58. The van der Waals surface area contributed by atoms with Crippen LogP contribution in [0.1, 0.15) is 73.1 Å². The van der Waals surface area contributed by atoms with E-state index < -0.39 is 80.7 Å². The molecule has 3 aromatic rings. The zero-order valence-electron chi connectivity index (χ0n) is 30.5. The maximum atomic E-state index is 15.7. The van der Waals surface area contributed by atoms with Crippen molar-refractivity contribution < 1.29 is 51.3 Å².